The van der Waals surface area contributed by atoms with Crippen LogP contribution >= 0.6 is 11.3 Å². The van der Waals surface area contributed by atoms with Crippen LogP contribution in [-0.4, -0.2) is 46.8 Å². The van der Waals surface area contributed by atoms with Gasteiger partial charge in [0, 0.05) is 24.6 Å². The topological polar surface area (TPSA) is 75.5 Å². The predicted molar refractivity (Wildman–Crippen MR) is 90.1 cm³/mol. The molecule has 1 aliphatic heterocycles. The Hall–Kier alpha value is -1.73. The summed E-state index contributed by atoms with van der Waals surface area (Å²) in [4.78, 5) is 24.0. The van der Waals surface area contributed by atoms with Gasteiger partial charge in [0.2, 0.25) is 0 Å². The molecule has 0 saturated carbocycles. The Bertz CT molecular complexity index is 686. The first-order chi connectivity index (χ1) is 11.3. The number of hydrogen-bond acceptors (Lipinski definition) is 7. The molecule has 1 fully saturated rings. The van der Waals surface area contributed by atoms with E-state index in [0.717, 1.165) is 41.8 Å². The third kappa shape index (κ3) is 3.16. The minimum absolute atomic E-state index is 0.157. The second-order valence-corrected chi connectivity index (χ2v) is 6.46. The average molecular weight is 335 g/mol. The number of nitrogens with zero attached hydrogens (tertiary/aromatic N) is 3. The van der Waals surface area contributed by atoms with Crippen LogP contribution in [0.3, 0.4) is 0 Å². The van der Waals surface area contributed by atoms with Crippen molar-refractivity contribution >= 4 is 33.3 Å². The minimum Gasteiger partial charge on any atom is -0.462 e. The average Bonchev–Trinajstić information content (AvgIpc) is 3.00. The Morgan fingerprint density at radius 3 is 3.13 bits per heavy atom. The fourth-order valence-electron chi connectivity index (χ4n) is 3.16. The summed E-state index contributed by atoms with van der Waals surface area (Å²) < 4.78 is 5.16. The second kappa shape index (κ2) is 7.23. The number of carbonyl (C=O) groups is 1. The van der Waals surface area contributed by atoms with Crippen LogP contribution in [0.1, 0.15) is 43.0 Å². The zero-order chi connectivity index (χ0) is 16.2. The molecule has 2 aromatic heterocycles. The normalized spacial score (nSPS) is 18.3. The Balaban J connectivity index is 2.05. The lowest BCUT2D eigenvalue weighted by atomic mass is 9.99. The summed E-state index contributed by atoms with van der Waals surface area (Å²) >= 11 is 1.43. The van der Waals surface area contributed by atoms with Crippen molar-refractivity contribution in [1.29, 1.82) is 0 Å². The van der Waals surface area contributed by atoms with Crippen molar-refractivity contribution in [3.63, 3.8) is 0 Å². The van der Waals surface area contributed by atoms with Gasteiger partial charge in [0.1, 0.15) is 17.0 Å². The van der Waals surface area contributed by atoms with Crippen LogP contribution in [0.25, 0.3) is 10.2 Å². The van der Waals surface area contributed by atoms with Crippen molar-refractivity contribution in [2.75, 3.05) is 24.7 Å². The van der Waals surface area contributed by atoms with Crippen LogP contribution in [0.4, 0.5) is 5.82 Å². The number of carbonyl (C=O) groups excluding carboxylic acids is 1. The molecule has 124 valence electrons. The van der Waals surface area contributed by atoms with E-state index in [1.807, 2.05) is 0 Å². The van der Waals surface area contributed by atoms with Gasteiger partial charge in [-0.25, -0.2) is 14.8 Å². The lowest BCUT2D eigenvalue weighted by Crippen LogP contribution is -2.40. The summed E-state index contributed by atoms with van der Waals surface area (Å²) in [6.07, 6.45) is 5.54. The summed E-state index contributed by atoms with van der Waals surface area (Å²) in [7, 11) is 0. The predicted octanol–water partition coefficient (Wildman–Crippen LogP) is 2.61. The molecule has 2 aromatic rings. The molecule has 7 heteroatoms. The first kappa shape index (κ1) is 16.1. The van der Waals surface area contributed by atoms with Crippen molar-refractivity contribution in [2.45, 2.75) is 38.6 Å². The molecule has 0 bridgehead atoms. The fourth-order valence-corrected chi connectivity index (χ4v) is 4.04. The van der Waals surface area contributed by atoms with E-state index in [4.69, 9.17) is 4.74 Å². The summed E-state index contributed by atoms with van der Waals surface area (Å²) in [6, 6.07) is 0.252. The Kier molecular flexibility index (Phi) is 5.07. The van der Waals surface area contributed by atoms with Crippen LogP contribution in [0.15, 0.2) is 11.7 Å². The highest BCUT2D eigenvalue weighted by atomic mass is 32.1. The Labute approximate surface area is 139 Å². The van der Waals surface area contributed by atoms with Crippen molar-refractivity contribution in [3.8, 4) is 0 Å². The van der Waals surface area contributed by atoms with E-state index in [-0.39, 0.29) is 18.6 Å². The summed E-state index contributed by atoms with van der Waals surface area (Å²) in [6.45, 7) is 3.18. The van der Waals surface area contributed by atoms with Crippen LogP contribution in [0, 0.1) is 0 Å². The third-order valence-corrected chi connectivity index (χ3v) is 5.09. The molecule has 3 heterocycles. The maximum absolute atomic E-state index is 12.2. The van der Waals surface area contributed by atoms with Gasteiger partial charge in [-0.2, -0.15) is 0 Å². The Morgan fingerprint density at radius 1 is 1.48 bits per heavy atom. The highest BCUT2D eigenvalue weighted by molar-refractivity contribution is 7.17. The maximum Gasteiger partial charge on any atom is 0.339 e. The van der Waals surface area contributed by atoms with Crippen LogP contribution in [0.5, 0.6) is 0 Å². The van der Waals surface area contributed by atoms with Crippen LogP contribution in [-0.2, 0) is 4.74 Å². The van der Waals surface area contributed by atoms with Gasteiger partial charge >= 0.3 is 5.97 Å². The van der Waals surface area contributed by atoms with Gasteiger partial charge in [0.05, 0.1) is 17.6 Å². The number of anilines is 1. The van der Waals surface area contributed by atoms with E-state index in [2.05, 4.69) is 14.9 Å². The summed E-state index contributed by atoms with van der Waals surface area (Å²) in [5.74, 6) is 0.461. The number of aromatic nitrogens is 2. The molecule has 1 N–H and O–H groups in total. The van der Waals surface area contributed by atoms with Gasteiger partial charge in [-0.15, -0.1) is 11.3 Å². The van der Waals surface area contributed by atoms with Gasteiger partial charge < -0.3 is 14.7 Å². The molecule has 0 aliphatic carbocycles. The number of rotatable bonds is 5. The molecule has 1 atom stereocenters. The molecule has 0 amide bonds. The number of aliphatic hydroxyl groups excluding tert-OH is 1. The molecular weight excluding hydrogens is 314 g/mol. The van der Waals surface area contributed by atoms with E-state index < -0.39 is 0 Å². The number of hydrogen-bond donors (Lipinski definition) is 1. The van der Waals surface area contributed by atoms with E-state index in [0.29, 0.717) is 18.6 Å². The smallest absolute Gasteiger partial charge is 0.339 e. The lowest BCUT2D eigenvalue weighted by molar-refractivity contribution is 0.0529. The molecular formula is C16H21N3O3S. The van der Waals surface area contributed by atoms with Crippen molar-refractivity contribution in [2.24, 2.45) is 0 Å². The lowest BCUT2D eigenvalue weighted by Gasteiger charge is -2.36. The number of aliphatic hydroxyl groups is 1. The number of piperidine rings is 1. The van der Waals surface area contributed by atoms with E-state index in [9.17, 15) is 9.90 Å². The minimum atomic E-state index is -0.328. The summed E-state index contributed by atoms with van der Waals surface area (Å²) in [5, 5.41) is 11.9. The van der Waals surface area contributed by atoms with Crippen LogP contribution < -0.4 is 4.90 Å². The van der Waals surface area contributed by atoms with E-state index in [1.54, 1.807) is 18.6 Å². The molecule has 23 heavy (non-hydrogen) atoms. The summed E-state index contributed by atoms with van der Waals surface area (Å²) in [5.41, 5.74) is 0.538. The van der Waals surface area contributed by atoms with E-state index in [1.165, 1.54) is 11.3 Å². The molecule has 1 aliphatic rings. The second-order valence-electron chi connectivity index (χ2n) is 5.60. The number of thiophene rings is 1. The molecule has 6 nitrogen and oxygen atoms in total. The highest BCUT2D eigenvalue weighted by Gasteiger charge is 2.27. The molecule has 0 spiro atoms. The maximum atomic E-state index is 12.2. The quantitative estimate of drug-likeness (QED) is 0.847. The number of fused-ring (bicyclic) bond motifs is 1. The fraction of sp³-hybridized carbons (Fsp3) is 0.562. The zero-order valence-electron chi connectivity index (χ0n) is 13.2. The standard InChI is InChI=1S/C16H21N3O3S/c1-2-22-16(21)12-9-23-15-13(12)14(17-10-18-15)19-7-4-3-5-11(19)6-8-20/h9-11,20H,2-8H2,1H3. The number of ether oxygens (including phenoxy) is 1. The van der Waals surface area contributed by atoms with Crippen molar-refractivity contribution < 1.29 is 14.6 Å². The molecule has 0 aromatic carbocycles. The first-order valence-corrected chi connectivity index (χ1v) is 8.91. The van der Waals surface area contributed by atoms with Gasteiger partial charge in [0.15, 0.2) is 0 Å². The van der Waals surface area contributed by atoms with Crippen molar-refractivity contribution in [1.82, 2.24) is 9.97 Å². The zero-order valence-corrected chi connectivity index (χ0v) is 14.0. The first-order valence-electron chi connectivity index (χ1n) is 8.03. The largest absolute Gasteiger partial charge is 0.462 e. The van der Waals surface area contributed by atoms with Crippen molar-refractivity contribution in [3.05, 3.63) is 17.3 Å². The SMILES string of the molecule is CCOC(=O)c1csc2ncnc(N3CCCCC3CCO)c12. The molecule has 1 saturated heterocycles. The highest BCUT2D eigenvalue weighted by Crippen LogP contribution is 2.35. The monoisotopic (exact) mass is 335 g/mol. The molecule has 3 rings (SSSR count). The molecule has 1 unspecified atom stereocenters. The van der Waals surface area contributed by atoms with Gasteiger partial charge in [-0.1, -0.05) is 0 Å². The van der Waals surface area contributed by atoms with Gasteiger partial charge in [-0.05, 0) is 32.6 Å². The van der Waals surface area contributed by atoms with E-state index >= 15 is 0 Å². The van der Waals surface area contributed by atoms with Gasteiger partial charge in [-0.3, -0.25) is 0 Å². The van der Waals surface area contributed by atoms with Crippen LogP contribution in [0.2, 0.25) is 0 Å². The number of esters is 1. The van der Waals surface area contributed by atoms with Gasteiger partial charge in [0.25, 0.3) is 0 Å². The molecule has 0 radical (unpaired) electrons. The Morgan fingerprint density at radius 2 is 2.35 bits per heavy atom. The third-order valence-electron chi connectivity index (χ3n) is 4.21.